The fourth-order valence-corrected chi connectivity index (χ4v) is 4.52. The first-order valence-electron chi connectivity index (χ1n) is 11.7. The summed E-state index contributed by atoms with van der Waals surface area (Å²) < 4.78 is 12.3. The van der Waals surface area contributed by atoms with Crippen molar-refractivity contribution in [2.45, 2.75) is 38.4 Å². The van der Waals surface area contributed by atoms with Gasteiger partial charge < -0.3 is 24.8 Å². The van der Waals surface area contributed by atoms with E-state index in [9.17, 15) is 15.3 Å². The van der Waals surface area contributed by atoms with E-state index < -0.39 is 12.2 Å². The molecule has 0 radical (unpaired) electrons. The van der Waals surface area contributed by atoms with Crippen molar-refractivity contribution >= 4 is 27.5 Å². The van der Waals surface area contributed by atoms with E-state index >= 15 is 0 Å². The van der Waals surface area contributed by atoms with Crippen molar-refractivity contribution in [1.82, 2.24) is 15.6 Å². The molecule has 1 heterocycles. The summed E-state index contributed by atoms with van der Waals surface area (Å²) in [7, 11) is 1.82. The first-order valence-corrected chi connectivity index (χ1v) is 13.1. The highest BCUT2D eigenvalue weighted by Gasteiger charge is 2.26. The molecule has 0 bridgehead atoms. The highest BCUT2D eigenvalue weighted by molar-refractivity contribution is 9.10. The van der Waals surface area contributed by atoms with Gasteiger partial charge >= 0.3 is 0 Å². The predicted molar refractivity (Wildman–Crippen MR) is 144 cm³/mol. The third-order valence-electron chi connectivity index (χ3n) is 6.32. The Labute approximate surface area is 226 Å². The van der Waals surface area contributed by atoms with E-state index in [1.54, 1.807) is 10.0 Å². The third-order valence-corrected chi connectivity index (χ3v) is 7.30. The number of hydrogen-bond acceptors (Lipinski definition) is 8. The number of rotatable bonds is 12. The fraction of sp³-hybridized carbons (Fsp3) is 0.462. The number of aliphatic hydroxyl groups excluding tert-OH is 3. The maximum Gasteiger partial charge on any atom is 0.133 e. The van der Waals surface area contributed by atoms with Gasteiger partial charge in [-0.2, -0.15) is 0 Å². The van der Waals surface area contributed by atoms with Gasteiger partial charge in [-0.25, -0.2) is 0 Å². The number of benzene rings is 2. The van der Waals surface area contributed by atoms with Crippen molar-refractivity contribution in [2.24, 2.45) is 0 Å². The Kier molecular flexibility index (Phi) is 9.91. The number of ether oxygens (including phenoxy) is 2. The summed E-state index contributed by atoms with van der Waals surface area (Å²) >= 11 is 9.20. The topological polar surface area (TPSA) is 97.7 Å². The maximum atomic E-state index is 10.5. The molecule has 0 unspecified atom stereocenters. The number of alkyl halides is 1. The molecule has 0 amide bonds. The summed E-state index contributed by atoms with van der Waals surface area (Å²) in [6, 6.07) is 13.8. The van der Waals surface area contributed by atoms with Gasteiger partial charge in [0.05, 0.1) is 34.9 Å². The van der Waals surface area contributed by atoms with E-state index in [1.807, 2.05) is 56.4 Å². The van der Waals surface area contributed by atoms with E-state index in [4.69, 9.17) is 21.1 Å². The number of halogens is 2. The lowest BCUT2D eigenvalue weighted by Crippen LogP contribution is -2.44. The Morgan fingerprint density at radius 1 is 1.03 bits per heavy atom. The molecule has 0 saturated carbocycles. The molecule has 4 N–H and O–H groups in total. The number of nitrogens with one attached hydrogen (secondary N) is 1. The molecule has 1 aliphatic rings. The highest BCUT2D eigenvalue weighted by Crippen LogP contribution is 2.36. The lowest BCUT2D eigenvalue weighted by Gasteiger charge is -2.27. The summed E-state index contributed by atoms with van der Waals surface area (Å²) in [5.41, 5.74) is 6.63. The number of hydrazine groups is 2. The molecule has 2 aromatic rings. The van der Waals surface area contributed by atoms with Crippen LogP contribution in [0.15, 0.2) is 58.3 Å². The zero-order valence-corrected chi connectivity index (χ0v) is 23.4. The molecule has 3 rings (SSSR count). The molecule has 0 aromatic heterocycles. The van der Waals surface area contributed by atoms with Crippen LogP contribution in [0.25, 0.3) is 0 Å². The van der Waals surface area contributed by atoms with Crippen LogP contribution in [-0.2, 0) is 5.41 Å². The molecule has 2 aromatic carbocycles. The maximum absolute atomic E-state index is 10.5. The van der Waals surface area contributed by atoms with Crippen LogP contribution in [0.4, 0.5) is 0 Å². The zero-order valence-electron chi connectivity index (χ0n) is 21.0. The van der Waals surface area contributed by atoms with E-state index in [0.717, 1.165) is 27.0 Å². The van der Waals surface area contributed by atoms with Gasteiger partial charge in [-0.1, -0.05) is 32.0 Å². The van der Waals surface area contributed by atoms with E-state index in [0.29, 0.717) is 18.0 Å². The summed E-state index contributed by atoms with van der Waals surface area (Å²) in [5.74, 6) is 1.44. The van der Waals surface area contributed by atoms with Gasteiger partial charge in [0, 0.05) is 12.5 Å². The van der Waals surface area contributed by atoms with Crippen LogP contribution in [-0.4, -0.2) is 76.8 Å². The van der Waals surface area contributed by atoms with Crippen LogP contribution in [0, 0.1) is 0 Å². The number of nitrogens with zero attached hydrogens (tertiary/aromatic N) is 2. The Hall–Kier alpha value is -2.01. The monoisotopic (exact) mass is 583 g/mol. The lowest BCUT2D eigenvalue weighted by molar-refractivity contribution is 0.0441. The Balaban J connectivity index is 1.58. The van der Waals surface area contributed by atoms with Crippen LogP contribution in [0.2, 0.25) is 0 Å². The minimum Gasteiger partial charge on any atom is -0.491 e. The average Bonchev–Trinajstić information content (AvgIpc) is 3.13. The summed E-state index contributed by atoms with van der Waals surface area (Å²) in [6.07, 6.45) is -1.44. The van der Waals surface area contributed by atoms with Gasteiger partial charge in [0.15, 0.2) is 0 Å². The molecule has 0 saturated heterocycles. The van der Waals surface area contributed by atoms with Crippen molar-refractivity contribution in [3.63, 3.8) is 0 Å². The van der Waals surface area contributed by atoms with Crippen LogP contribution in [0.1, 0.15) is 31.9 Å². The predicted octanol–water partition coefficient (Wildman–Crippen LogP) is 3.38. The zero-order chi connectivity index (χ0) is 26.5. The van der Waals surface area contributed by atoms with Crippen LogP contribution >= 0.6 is 27.5 Å². The summed E-state index contributed by atoms with van der Waals surface area (Å²) in [5, 5.41) is 33.1. The van der Waals surface area contributed by atoms with Crippen molar-refractivity contribution in [3.8, 4) is 11.5 Å². The number of hydrogen-bond donors (Lipinski definition) is 4. The molecule has 0 aliphatic carbocycles. The van der Waals surface area contributed by atoms with Crippen LogP contribution in [0.3, 0.4) is 0 Å². The number of allylic oxidation sites excluding steroid dienone is 1. The van der Waals surface area contributed by atoms with Gasteiger partial charge in [0.25, 0.3) is 0 Å². The Morgan fingerprint density at radius 2 is 1.67 bits per heavy atom. The number of likely N-dealkylation sites (N-methyl/N-ethyl adjacent to an activating group) is 1. The summed E-state index contributed by atoms with van der Waals surface area (Å²) in [6.45, 7) is 6.69. The lowest BCUT2D eigenvalue weighted by atomic mass is 9.78. The van der Waals surface area contributed by atoms with Crippen LogP contribution < -0.4 is 15.0 Å². The van der Waals surface area contributed by atoms with Gasteiger partial charge in [0.2, 0.25) is 0 Å². The molecule has 198 valence electrons. The Bertz CT molecular complexity index is 1050. The molecular formula is C26H35BrClN3O5. The van der Waals surface area contributed by atoms with Crippen LogP contribution in [0.5, 0.6) is 11.5 Å². The second-order valence-electron chi connectivity index (χ2n) is 9.34. The van der Waals surface area contributed by atoms with Crippen molar-refractivity contribution in [3.05, 3.63) is 69.5 Å². The third kappa shape index (κ3) is 6.85. The minimum absolute atomic E-state index is 0.0747. The Morgan fingerprint density at radius 3 is 2.25 bits per heavy atom. The quantitative estimate of drug-likeness (QED) is 0.282. The SMILES string of the molecule is CC1=C(CO)N(C)NN1C[C@@H](O)COc1ccc(C(C)(C)c2ccc(OC[C@@H](O)CCl)c(Br)c2)cc1. The smallest absolute Gasteiger partial charge is 0.133 e. The average molecular weight is 585 g/mol. The number of β-amino-alcohol motifs (C(OH)–C–C–N with tert-alkyl or cyclic N) is 1. The van der Waals surface area contributed by atoms with Crippen molar-refractivity contribution < 1.29 is 24.8 Å². The first-order chi connectivity index (χ1) is 17.1. The number of aliphatic hydroxyl groups is 3. The summed E-state index contributed by atoms with van der Waals surface area (Å²) in [4.78, 5) is 0. The van der Waals surface area contributed by atoms with E-state index in [1.165, 1.54) is 0 Å². The molecule has 8 nitrogen and oxygen atoms in total. The standard InChI is InChI=1S/C26H35BrClN3O5/c1-17-24(14-32)30(4)29-31(17)13-21(34)16-35-22-8-5-18(6-9-22)26(2,3)19-7-10-25(23(27)11-19)36-15-20(33)12-28/h5-11,20-21,29,32-34H,12-16H2,1-4H3/t20-,21+/m0/s1. The van der Waals surface area contributed by atoms with E-state index in [2.05, 4.69) is 35.3 Å². The van der Waals surface area contributed by atoms with Gasteiger partial charge in [-0.15, -0.1) is 17.1 Å². The van der Waals surface area contributed by atoms with Crippen molar-refractivity contribution in [1.29, 1.82) is 0 Å². The van der Waals surface area contributed by atoms with Gasteiger partial charge in [0.1, 0.15) is 36.9 Å². The second-order valence-corrected chi connectivity index (χ2v) is 10.5. The minimum atomic E-state index is -0.723. The molecule has 0 fully saturated rings. The molecule has 36 heavy (non-hydrogen) atoms. The normalized spacial score (nSPS) is 15.9. The highest BCUT2D eigenvalue weighted by atomic mass is 79.9. The largest absolute Gasteiger partial charge is 0.491 e. The molecule has 0 spiro atoms. The van der Waals surface area contributed by atoms with E-state index in [-0.39, 0.29) is 31.1 Å². The van der Waals surface area contributed by atoms with Gasteiger partial charge in [-0.05, 0) is 58.2 Å². The molecule has 10 heteroatoms. The first kappa shape index (κ1) is 28.6. The molecule has 2 atom stereocenters. The molecular weight excluding hydrogens is 550 g/mol. The van der Waals surface area contributed by atoms with Crippen molar-refractivity contribution in [2.75, 3.05) is 39.3 Å². The second kappa shape index (κ2) is 12.5. The van der Waals surface area contributed by atoms with Gasteiger partial charge in [-0.3, -0.25) is 10.0 Å². The molecule has 1 aliphatic heterocycles. The fourth-order valence-electron chi connectivity index (χ4n) is 3.94.